The first-order chi connectivity index (χ1) is 14.1. The molecule has 0 saturated carbocycles. The van der Waals surface area contributed by atoms with Crippen LogP contribution in [0.3, 0.4) is 0 Å². The van der Waals surface area contributed by atoms with Crippen molar-refractivity contribution >= 4 is 12.0 Å². The Hall–Kier alpha value is -2.86. The number of carbonyl (C=O) groups is 2. The molecule has 1 fully saturated rings. The second-order valence-corrected chi connectivity index (χ2v) is 7.35. The van der Waals surface area contributed by atoms with Crippen LogP contribution in [0.25, 0.3) is 0 Å². The Balaban J connectivity index is 1.53. The Morgan fingerprint density at radius 2 is 1.66 bits per heavy atom. The van der Waals surface area contributed by atoms with Gasteiger partial charge in [0.05, 0.1) is 6.04 Å². The van der Waals surface area contributed by atoms with Gasteiger partial charge in [-0.2, -0.15) is 0 Å². The molecule has 154 valence electrons. The molecular formula is C23H29N3O3. The quantitative estimate of drug-likeness (QED) is 0.746. The molecule has 0 unspecified atom stereocenters. The number of carbonyl (C=O) groups excluding carboxylic acids is 2. The number of benzene rings is 2. The second kappa shape index (κ2) is 10.6. The lowest BCUT2D eigenvalue weighted by Crippen LogP contribution is -2.43. The van der Waals surface area contributed by atoms with E-state index in [0.717, 1.165) is 30.8 Å². The van der Waals surface area contributed by atoms with E-state index in [-0.39, 0.29) is 25.1 Å². The largest absolute Gasteiger partial charge is 0.445 e. The standard InChI is InChI=1S/C23H29N3O3/c1-25(21(17-26-14-8-9-15-26)20-12-6-3-7-13-20)22(27)16-24-23(28)29-18-19-10-4-2-5-11-19/h2-7,10-13,21H,8-9,14-18H2,1H3,(H,24,28)/t21-/m1/s1. The third-order valence-electron chi connectivity index (χ3n) is 5.27. The fourth-order valence-electron chi connectivity index (χ4n) is 3.56. The smallest absolute Gasteiger partial charge is 0.407 e. The first-order valence-electron chi connectivity index (χ1n) is 10.1. The predicted octanol–water partition coefficient (Wildman–Crippen LogP) is 3.21. The highest BCUT2D eigenvalue weighted by Gasteiger charge is 2.25. The van der Waals surface area contributed by atoms with Crippen molar-refractivity contribution in [1.29, 1.82) is 0 Å². The lowest BCUT2D eigenvalue weighted by Gasteiger charge is -2.32. The number of alkyl carbamates (subject to hydrolysis) is 1. The highest BCUT2D eigenvalue weighted by molar-refractivity contribution is 5.82. The van der Waals surface area contributed by atoms with Crippen molar-refractivity contribution in [3.63, 3.8) is 0 Å². The van der Waals surface area contributed by atoms with Gasteiger partial charge in [0, 0.05) is 13.6 Å². The summed E-state index contributed by atoms with van der Waals surface area (Å²) in [5.74, 6) is -0.144. The molecule has 0 aromatic heterocycles. The van der Waals surface area contributed by atoms with Gasteiger partial charge in [-0.05, 0) is 37.1 Å². The molecule has 3 rings (SSSR count). The Morgan fingerprint density at radius 3 is 2.31 bits per heavy atom. The SMILES string of the molecule is CN(C(=O)CNC(=O)OCc1ccccc1)[C@H](CN1CCCC1)c1ccccc1. The van der Waals surface area contributed by atoms with Gasteiger partial charge in [-0.15, -0.1) is 0 Å². The average Bonchev–Trinajstić information content (AvgIpc) is 3.28. The normalized spacial score (nSPS) is 14.9. The van der Waals surface area contributed by atoms with Gasteiger partial charge in [0.2, 0.25) is 5.91 Å². The van der Waals surface area contributed by atoms with Crippen molar-refractivity contribution in [1.82, 2.24) is 15.1 Å². The molecule has 1 aliphatic rings. The molecule has 29 heavy (non-hydrogen) atoms. The van der Waals surface area contributed by atoms with Crippen LogP contribution in [-0.4, -0.2) is 55.0 Å². The number of likely N-dealkylation sites (N-methyl/N-ethyl adjacent to an activating group) is 1. The molecular weight excluding hydrogens is 366 g/mol. The maximum atomic E-state index is 12.7. The number of likely N-dealkylation sites (tertiary alicyclic amines) is 1. The fraction of sp³-hybridized carbons (Fsp3) is 0.391. The summed E-state index contributed by atoms with van der Waals surface area (Å²) in [5, 5.41) is 2.57. The van der Waals surface area contributed by atoms with Crippen molar-refractivity contribution in [3.8, 4) is 0 Å². The molecule has 6 heteroatoms. The molecule has 0 radical (unpaired) electrons. The van der Waals surface area contributed by atoms with Crippen LogP contribution in [-0.2, 0) is 16.1 Å². The molecule has 2 amide bonds. The fourth-order valence-corrected chi connectivity index (χ4v) is 3.56. The molecule has 6 nitrogen and oxygen atoms in total. The second-order valence-electron chi connectivity index (χ2n) is 7.35. The minimum Gasteiger partial charge on any atom is -0.445 e. The van der Waals surface area contributed by atoms with Crippen LogP contribution < -0.4 is 5.32 Å². The summed E-state index contributed by atoms with van der Waals surface area (Å²) in [6, 6.07) is 19.4. The van der Waals surface area contributed by atoms with E-state index in [1.165, 1.54) is 12.8 Å². The molecule has 1 aliphatic heterocycles. The van der Waals surface area contributed by atoms with Crippen molar-refractivity contribution in [3.05, 3.63) is 71.8 Å². The topological polar surface area (TPSA) is 61.9 Å². The van der Waals surface area contributed by atoms with E-state index in [0.29, 0.717) is 0 Å². The molecule has 0 aliphatic carbocycles. The van der Waals surface area contributed by atoms with Crippen LogP contribution in [0.2, 0.25) is 0 Å². The van der Waals surface area contributed by atoms with E-state index in [1.54, 1.807) is 11.9 Å². The maximum Gasteiger partial charge on any atom is 0.407 e. The number of amides is 2. The Bertz CT molecular complexity index is 776. The van der Waals surface area contributed by atoms with E-state index in [1.807, 2.05) is 60.7 Å². The number of nitrogens with zero attached hydrogens (tertiary/aromatic N) is 2. The molecule has 1 N–H and O–H groups in total. The van der Waals surface area contributed by atoms with Crippen molar-refractivity contribution in [2.75, 3.05) is 33.2 Å². The molecule has 0 bridgehead atoms. The first-order valence-corrected chi connectivity index (χ1v) is 10.1. The van der Waals surface area contributed by atoms with E-state index >= 15 is 0 Å². The summed E-state index contributed by atoms with van der Waals surface area (Å²) in [5.41, 5.74) is 2.00. The molecule has 2 aromatic carbocycles. The number of ether oxygens (including phenoxy) is 1. The summed E-state index contributed by atoms with van der Waals surface area (Å²) in [7, 11) is 1.80. The van der Waals surface area contributed by atoms with Crippen molar-refractivity contribution < 1.29 is 14.3 Å². The van der Waals surface area contributed by atoms with Gasteiger partial charge in [-0.1, -0.05) is 60.7 Å². The van der Waals surface area contributed by atoms with Crippen LogP contribution in [0.4, 0.5) is 4.79 Å². The minimum atomic E-state index is -0.591. The monoisotopic (exact) mass is 395 g/mol. The van der Waals surface area contributed by atoms with Gasteiger partial charge in [0.15, 0.2) is 0 Å². The summed E-state index contributed by atoms with van der Waals surface area (Å²) in [4.78, 5) is 28.8. The summed E-state index contributed by atoms with van der Waals surface area (Å²) < 4.78 is 5.18. The average molecular weight is 396 g/mol. The van der Waals surface area contributed by atoms with Gasteiger partial charge < -0.3 is 19.9 Å². The molecule has 1 heterocycles. The predicted molar refractivity (Wildman–Crippen MR) is 112 cm³/mol. The van der Waals surface area contributed by atoms with Gasteiger partial charge >= 0.3 is 6.09 Å². The van der Waals surface area contributed by atoms with E-state index in [4.69, 9.17) is 4.74 Å². The van der Waals surface area contributed by atoms with Crippen LogP contribution in [0.1, 0.15) is 30.0 Å². The number of hydrogen-bond donors (Lipinski definition) is 1. The Labute approximate surface area is 172 Å². The van der Waals surface area contributed by atoms with Gasteiger partial charge in [-0.25, -0.2) is 4.79 Å². The Morgan fingerprint density at radius 1 is 1.03 bits per heavy atom. The summed E-state index contributed by atoms with van der Waals surface area (Å²) in [6.45, 7) is 3.02. The van der Waals surface area contributed by atoms with Crippen LogP contribution in [0.5, 0.6) is 0 Å². The molecule has 0 spiro atoms. The van der Waals surface area contributed by atoms with Gasteiger partial charge in [0.1, 0.15) is 13.2 Å². The Kier molecular flexibility index (Phi) is 7.64. The van der Waals surface area contributed by atoms with Crippen LogP contribution >= 0.6 is 0 Å². The van der Waals surface area contributed by atoms with E-state index in [9.17, 15) is 9.59 Å². The van der Waals surface area contributed by atoms with Crippen molar-refractivity contribution in [2.24, 2.45) is 0 Å². The van der Waals surface area contributed by atoms with E-state index in [2.05, 4.69) is 10.2 Å². The molecule has 1 saturated heterocycles. The first kappa shape index (κ1) is 20.9. The molecule has 1 atom stereocenters. The van der Waals surface area contributed by atoms with Gasteiger partial charge in [0.25, 0.3) is 0 Å². The van der Waals surface area contributed by atoms with Gasteiger partial charge in [-0.3, -0.25) is 4.79 Å². The van der Waals surface area contributed by atoms with Crippen LogP contribution in [0.15, 0.2) is 60.7 Å². The maximum absolute atomic E-state index is 12.7. The molecule has 2 aromatic rings. The van der Waals surface area contributed by atoms with Crippen LogP contribution in [0, 0.1) is 0 Å². The number of hydrogen-bond acceptors (Lipinski definition) is 4. The highest BCUT2D eigenvalue weighted by Crippen LogP contribution is 2.22. The lowest BCUT2D eigenvalue weighted by atomic mass is 10.0. The zero-order chi connectivity index (χ0) is 20.5. The third kappa shape index (κ3) is 6.32. The summed E-state index contributed by atoms with van der Waals surface area (Å²) >= 11 is 0. The zero-order valence-corrected chi connectivity index (χ0v) is 16.9. The minimum absolute atomic E-state index is 0.0519. The zero-order valence-electron chi connectivity index (χ0n) is 16.9. The lowest BCUT2D eigenvalue weighted by molar-refractivity contribution is -0.131. The number of nitrogens with one attached hydrogen (secondary N) is 1. The van der Waals surface area contributed by atoms with Crippen molar-refractivity contribution in [2.45, 2.75) is 25.5 Å². The number of rotatable bonds is 8. The summed E-state index contributed by atoms with van der Waals surface area (Å²) in [6.07, 6.45) is 1.81. The highest BCUT2D eigenvalue weighted by atomic mass is 16.5. The third-order valence-corrected chi connectivity index (χ3v) is 5.27. The van der Waals surface area contributed by atoms with E-state index < -0.39 is 6.09 Å².